The Morgan fingerprint density at radius 1 is 1.12 bits per heavy atom. The van der Waals surface area contributed by atoms with E-state index in [-0.39, 0.29) is 17.6 Å². The van der Waals surface area contributed by atoms with Gasteiger partial charge in [0.15, 0.2) is 5.79 Å². The molecule has 0 aromatic heterocycles. The third-order valence-electron chi connectivity index (χ3n) is 6.30. The third-order valence-corrected chi connectivity index (χ3v) is 7.38. The summed E-state index contributed by atoms with van der Waals surface area (Å²) in [5, 5.41) is 6.15. The zero-order valence-corrected chi connectivity index (χ0v) is 19.0. The lowest BCUT2D eigenvalue weighted by atomic mass is 10.0. The zero-order valence-electron chi connectivity index (χ0n) is 18.1. The Morgan fingerprint density at radius 2 is 1.88 bits per heavy atom. The highest BCUT2D eigenvalue weighted by atomic mass is 32.2. The van der Waals surface area contributed by atoms with Crippen LogP contribution in [-0.2, 0) is 20.0 Å². The van der Waals surface area contributed by atoms with E-state index in [1.807, 2.05) is 6.07 Å². The molecule has 1 atom stereocenters. The lowest BCUT2D eigenvalue weighted by molar-refractivity contribution is -0.181. The molecule has 2 aromatic carbocycles. The van der Waals surface area contributed by atoms with E-state index >= 15 is 0 Å². The molecule has 5 rings (SSSR count). The molecule has 2 aromatic rings. The molecule has 2 fully saturated rings. The summed E-state index contributed by atoms with van der Waals surface area (Å²) in [7, 11) is 0. The van der Waals surface area contributed by atoms with E-state index in [4.69, 9.17) is 9.47 Å². The van der Waals surface area contributed by atoms with Crippen LogP contribution in [0.1, 0.15) is 28.8 Å². The van der Waals surface area contributed by atoms with Gasteiger partial charge in [-0.2, -0.15) is 11.8 Å². The normalized spacial score (nSPS) is 21.4. The molecular formula is C24H26FN3O4S. The minimum Gasteiger partial charge on any atom is -0.371 e. The first kappa shape index (κ1) is 22.2. The summed E-state index contributed by atoms with van der Waals surface area (Å²) in [5.74, 6) is 0.00176. The predicted molar refractivity (Wildman–Crippen MR) is 125 cm³/mol. The molecule has 1 unspecified atom stereocenters. The number of rotatable bonds is 5. The molecule has 3 aliphatic rings. The van der Waals surface area contributed by atoms with Gasteiger partial charge in [0.1, 0.15) is 11.9 Å². The van der Waals surface area contributed by atoms with Crippen LogP contribution < -0.4 is 10.6 Å². The highest BCUT2D eigenvalue weighted by Gasteiger charge is 2.41. The van der Waals surface area contributed by atoms with Gasteiger partial charge in [-0.3, -0.25) is 9.59 Å². The van der Waals surface area contributed by atoms with Crippen molar-refractivity contribution in [1.82, 2.24) is 4.90 Å². The minimum atomic E-state index is -0.524. The number of nitrogens with zero attached hydrogens (tertiary/aromatic N) is 1. The fraction of sp³-hybridized carbons (Fsp3) is 0.417. The molecule has 9 heteroatoms. The maximum Gasteiger partial charge on any atom is 0.253 e. The van der Waals surface area contributed by atoms with Crippen LogP contribution >= 0.6 is 11.8 Å². The summed E-state index contributed by atoms with van der Waals surface area (Å²) in [6.07, 6.45) is 1.32. The summed E-state index contributed by atoms with van der Waals surface area (Å²) in [6, 6.07) is 11.6. The first-order valence-electron chi connectivity index (χ1n) is 11.1. The fourth-order valence-corrected chi connectivity index (χ4v) is 5.46. The molecule has 0 aliphatic carbocycles. The van der Waals surface area contributed by atoms with E-state index in [1.165, 1.54) is 17.8 Å². The third kappa shape index (κ3) is 4.71. The quantitative estimate of drug-likeness (QED) is 0.695. The minimum absolute atomic E-state index is 0.0672. The van der Waals surface area contributed by atoms with Gasteiger partial charge in [0, 0.05) is 43.0 Å². The maximum atomic E-state index is 13.8. The van der Waals surface area contributed by atoms with Crippen molar-refractivity contribution in [1.29, 1.82) is 0 Å². The SMILES string of the molecule is O=C1Nc2cc(C(=O)N3CCC4(CC3)OCCO4)ccc2NC1CSCc1ccccc1F. The molecule has 2 amide bonds. The summed E-state index contributed by atoms with van der Waals surface area (Å²) < 4.78 is 25.3. The topological polar surface area (TPSA) is 79.9 Å². The number of anilines is 2. The van der Waals surface area contributed by atoms with Crippen molar-refractivity contribution in [3.63, 3.8) is 0 Å². The molecule has 2 N–H and O–H groups in total. The van der Waals surface area contributed by atoms with Gasteiger partial charge in [0.05, 0.1) is 24.6 Å². The predicted octanol–water partition coefficient (Wildman–Crippen LogP) is 3.47. The molecule has 1 spiro atoms. The second kappa shape index (κ2) is 9.32. The van der Waals surface area contributed by atoms with Crippen LogP contribution in [0.25, 0.3) is 0 Å². The van der Waals surface area contributed by atoms with Gasteiger partial charge in [-0.05, 0) is 29.8 Å². The van der Waals surface area contributed by atoms with Gasteiger partial charge in [-0.1, -0.05) is 18.2 Å². The lowest BCUT2D eigenvalue weighted by Gasteiger charge is -2.37. The number of hydrogen-bond acceptors (Lipinski definition) is 6. The van der Waals surface area contributed by atoms with Gasteiger partial charge in [-0.25, -0.2) is 4.39 Å². The van der Waals surface area contributed by atoms with Crippen molar-refractivity contribution in [3.8, 4) is 0 Å². The monoisotopic (exact) mass is 471 g/mol. The molecule has 174 valence electrons. The first-order chi connectivity index (χ1) is 16.0. The van der Waals surface area contributed by atoms with Crippen molar-refractivity contribution in [2.24, 2.45) is 0 Å². The average molecular weight is 472 g/mol. The molecule has 0 saturated carbocycles. The van der Waals surface area contributed by atoms with E-state index in [2.05, 4.69) is 10.6 Å². The number of ether oxygens (including phenoxy) is 2. The summed E-state index contributed by atoms with van der Waals surface area (Å²) in [4.78, 5) is 27.4. The van der Waals surface area contributed by atoms with Gasteiger partial charge in [0.2, 0.25) is 5.91 Å². The number of carbonyl (C=O) groups excluding carboxylic acids is 2. The molecule has 33 heavy (non-hydrogen) atoms. The Labute approximate surface area is 196 Å². The van der Waals surface area contributed by atoms with Crippen LogP contribution in [0.3, 0.4) is 0 Å². The van der Waals surface area contributed by atoms with Gasteiger partial charge < -0.3 is 25.0 Å². The van der Waals surface area contributed by atoms with Crippen molar-refractivity contribution in [3.05, 3.63) is 59.4 Å². The van der Waals surface area contributed by atoms with Crippen molar-refractivity contribution >= 4 is 35.0 Å². The van der Waals surface area contributed by atoms with Crippen LogP contribution in [0.15, 0.2) is 42.5 Å². The van der Waals surface area contributed by atoms with E-state index in [0.717, 1.165) is 5.69 Å². The van der Waals surface area contributed by atoms with Crippen LogP contribution in [0.2, 0.25) is 0 Å². The van der Waals surface area contributed by atoms with Crippen LogP contribution in [0.4, 0.5) is 15.8 Å². The molecule has 3 heterocycles. The molecule has 3 aliphatic heterocycles. The smallest absolute Gasteiger partial charge is 0.253 e. The Kier molecular flexibility index (Phi) is 6.27. The number of halogens is 1. The number of piperidine rings is 1. The lowest BCUT2D eigenvalue weighted by Crippen LogP contribution is -2.47. The van der Waals surface area contributed by atoms with E-state index in [0.29, 0.717) is 67.5 Å². The first-order valence-corrected chi connectivity index (χ1v) is 12.3. The van der Waals surface area contributed by atoms with Gasteiger partial charge in [0.25, 0.3) is 5.91 Å². The van der Waals surface area contributed by atoms with Gasteiger partial charge >= 0.3 is 0 Å². The fourth-order valence-electron chi connectivity index (χ4n) is 4.42. The Morgan fingerprint density at radius 3 is 2.64 bits per heavy atom. The number of benzene rings is 2. The van der Waals surface area contributed by atoms with Crippen molar-refractivity contribution in [2.75, 3.05) is 42.7 Å². The molecular weight excluding hydrogens is 445 g/mol. The van der Waals surface area contributed by atoms with E-state index < -0.39 is 11.8 Å². The number of hydrogen-bond donors (Lipinski definition) is 2. The number of thioether (sulfide) groups is 1. The molecule has 2 saturated heterocycles. The Bertz CT molecular complexity index is 1050. The Hall–Kier alpha value is -2.62. The number of fused-ring (bicyclic) bond motifs is 1. The zero-order chi connectivity index (χ0) is 22.8. The van der Waals surface area contributed by atoms with Crippen LogP contribution in [0.5, 0.6) is 0 Å². The largest absolute Gasteiger partial charge is 0.371 e. The average Bonchev–Trinajstić information content (AvgIpc) is 3.28. The second-order valence-corrected chi connectivity index (χ2v) is 9.48. The summed E-state index contributed by atoms with van der Waals surface area (Å²) in [5.41, 5.74) is 2.52. The number of carbonyl (C=O) groups is 2. The highest BCUT2D eigenvalue weighted by Crippen LogP contribution is 2.33. The van der Waals surface area contributed by atoms with Gasteiger partial charge in [-0.15, -0.1) is 0 Å². The molecule has 0 radical (unpaired) electrons. The van der Waals surface area contributed by atoms with E-state index in [1.54, 1.807) is 35.2 Å². The molecule has 0 bridgehead atoms. The van der Waals surface area contributed by atoms with Crippen LogP contribution in [-0.4, -0.2) is 60.6 Å². The number of amides is 2. The summed E-state index contributed by atoms with van der Waals surface area (Å²) in [6.45, 7) is 2.35. The number of likely N-dealkylation sites (tertiary alicyclic amines) is 1. The maximum absolute atomic E-state index is 13.8. The van der Waals surface area contributed by atoms with Crippen molar-refractivity contribution < 1.29 is 23.5 Å². The summed E-state index contributed by atoms with van der Waals surface area (Å²) >= 11 is 1.50. The standard InChI is InChI=1S/C24H26FN3O4S/c25-18-4-2-1-3-17(18)14-33-15-21-22(29)27-20-13-16(5-6-19(20)26-21)23(30)28-9-7-24(8-10-28)31-11-12-32-24/h1-6,13,21,26H,7-12,14-15H2,(H,27,29). The number of nitrogens with one attached hydrogen (secondary N) is 2. The van der Waals surface area contributed by atoms with Crippen molar-refractivity contribution in [2.45, 2.75) is 30.4 Å². The molecule has 7 nitrogen and oxygen atoms in total. The van der Waals surface area contributed by atoms with E-state index in [9.17, 15) is 14.0 Å². The Balaban J connectivity index is 1.18. The second-order valence-electron chi connectivity index (χ2n) is 8.45. The highest BCUT2D eigenvalue weighted by molar-refractivity contribution is 7.98. The van der Waals surface area contributed by atoms with Crippen LogP contribution in [0, 0.1) is 5.82 Å².